The van der Waals surface area contributed by atoms with Crippen molar-refractivity contribution in [3.05, 3.63) is 39.9 Å². The van der Waals surface area contributed by atoms with Gasteiger partial charge in [-0.25, -0.2) is 0 Å². The van der Waals surface area contributed by atoms with E-state index in [0.29, 0.717) is 0 Å². The number of allylic oxidation sites excluding steroid dienone is 1. The number of ether oxygens (including phenoxy) is 1. The van der Waals surface area contributed by atoms with E-state index in [4.69, 9.17) is 10.5 Å². The summed E-state index contributed by atoms with van der Waals surface area (Å²) in [6.07, 6.45) is 7.15. The maximum absolute atomic E-state index is 6.30. The standard InChI is InChI=1S/C14H18BrNO/c1-17-13-8-7-11(9-12(13)15)14(16)10-5-3-2-4-6-10/h5,7-9,14H,2-4,6,16H2,1H3. The fourth-order valence-electron chi connectivity index (χ4n) is 2.24. The summed E-state index contributed by atoms with van der Waals surface area (Å²) in [7, 11) is 1.67. The van der Waals surface area contributed by atoms with Crippen molar-refractivity contribution in [1.29, 1.82) is 0 Å². The fourth-order valence-corrected chi connectivity index (χ4v) is 2.79. The minimum absolute atomic E-state index is 0.0255. The van der Waals surface area contributed by atoms with Crippen LogP contribution < -0.4 is 10.5 Å². The molecule has 1 atom stereocenters. The van der Waals surface area contributed by atoms with E-state index in [1.165, 1.54) is 24.8 Å². The van der Waals surface area contributed by atoms with Crippen LogP contribution in [0.5, 0.6) is 5.75 Å². The van der Waals surface area contributed by atoms with Gasteiger partial charge < -0.3 is 10.5 Å². The molecule has 0 amide bonds. The van der Waals surface area contributed by atoms with Gasteiger partial charge in [-0.15, -0.1) is 0 Å². The molecule has 0 spiro atoms. The molecule has 17 heavy (non-hydrogen) atoms. The quantitative estimate of drug-likeness (QED) is 0.857. The third-order valence-corrected chi connectivity index (χ3v) is 3.88. The molecule has 0 aliphatic heterocycles. The molecular formula is C14H18BrNO. The highest BCUT2D eigenvalue weighted by molar-refractivity contribution is 9.10. The van der Waals surface area contributed by atoms with Gasteiger partial charge in [-0.2, -0.15) is 0 Å². The highest BCUT2D eigenvalue weighted by atomic mass is 79.9. The predicted molar refractivity (Wildman–Crippen MR) is 74.2 cm³/mol. The Bertz CT molecular complexity index is 428. The lowest BCUT2D eigenvalue weighted by Crippen LogP contribution is -2.14. The van der Waals surface area contributed by atoms with Crippen molar-refractivity contribution in [2.24, 2.45) is 5.73 Å². The average molecular weight is 296 g/mol. The van der Waals surface area contributed by atoms with E-state index in [0.717, 1.165) is 22.2 Å². The maximum Gasteiger partial charge on any atom is 0.133 e. The first-order valence-electron chi connectivity index (χ1n) is 6.00. The number of hydrogen-bond donors (Lipinski definition) is 1. The molecule has 92 valence electrons. The van der Waals surface area contributed by atoms with Crippen LogP contribution in [-0.2, 0) is 0 Å². The van der Waals surface area contributed by atoms with Crippen molar-refractivity contribution in [2.45, 2.75) is 31.7 Å². The van der Waals surface area contributed by atoms with Crippen LogP contribution in [0.3, 0.4) is 0 Å². The van der Waals surface area contributed by atoms with Gasteiger partial charge in [0.25, 0.3) is 0 Å². The van der Waals surface area contributed by atoms with Crippen molar-refractivity contribution in [2.75, 3.05) is 7.11 Å². The molecule has 1 aromatic carbocycles. The molecule has 0 heterocycles. The topological polar surface area (TPSA) is 35.2 Å². The average Bonchev–Trinajstić information content (AvgIpc) is 2.39. The van der Waals surface area contributed by atoms with Gasteiger partial charge in [0, 0.05) is 0 Å². The highest BCUT2D eigenvalue weighted by Crippen LogP contribution is 2.32. The lowest BCUT2D eigenvalue weighted by molar-refractivity contribution is 0.412. The van der Waals surface area contributed by atoms with Crippen LogP contribution in [0.15, 0.2) is 34.3 Å². The molecule has 2 nitrogen and oxygen atoms in total. The Morgan fingerprint density at radius 3 is 2.76 bits per heavy atom. The van der Waals surface area contributed by atoms with Crippen molar-refractivity contribution >= 4 is 15.9 Å². The molecule has 0 bridgehead atoms. The van der Waals surface area contributed by atoms with Gasteiger partial charge in [0.05, 0.1) is 17.6 Å². The van der Waals surface area contributed by atoms with Gasteiger partial charge in [-0.05, 0) is 59.3 Å². The van der Waals surface area contributed by atoms with Crippen molar-refractivity contribution < 1.29 is 4.74 Å². The lowest BCUT2D eigenvalue weighted by Gasteiger charge is -2.20. The van der Waals surface area contributed by atoms with Crippen LogP contribution in [0.2, 0.25) is 0 Å². The second kappa shape index (κ2) is 5.69. The van der Waals surface area contributed by atoms with Crippen LogP contribution >= 0.6 is 15.9 Å². The molecule has 2 rings (SSSR count). The van der Waals surface area contributed by atoms with Gasteiger partial charge in [0.15, 0.2) is 0 Å². The van der Waals surface area contributed by atoms with Crippen molar-refractivity contribution in [3.63, 3.8) is 0 Å². The highest BCUT2D eigenvalue weighted by Gasteiger charge is 2.15. The summed E-state index contributed by atoms with van der Waals surface area (Å²) in [6.45, 7) is 0. The third-order valence-electron chi connectivity index (χ3n) is 3.26. The van der Waals surface area contributed by atoms with Gasteiger partial charge in [-0.3, -0.25) is 0 Å². The zero-order chi connectivity index (χ0) is 12.3. The van der Waals surface area contributed by atoms with E-state index < -0.39 is 0 Å². The van der Waals surface area contributed by atoms with Crippen molar-refractivity contribution in [1.82, 2.24) is 0 Å². The summed E-state index contributed by atoms with van der Waals surface area (Å²) in [4.78, 5) is 0. The Morgan fingerprint density at radius 1 is 1.35 bits per heavy atom. The van der Waals surface area contributed by atoms with Crippen LogP contribution in [0.1, 0.15) is 37.3 Å². The van der Waals surface area contributed by atoms with Gasteiger partial charge >= 0.3 is 0 Å². The molecule has 0 saturated heterocycles. The smallest absolute Gasteiger partial charge is 0.133 e. The largest absolute Gasteiger partial charge is 0.496 e. The van der Waals surface area contributed by atoms with Crippen LogP contribution in [0, 0.1) is 0 Å². The Hall–Kier alpha value is -0.800. The minimum atomic E-state index is 0.0255. The molecule has 1 aliphatic rings. The molecule has 0 fully saturated rings. The van der Waals surface area contributed by atoms with Crippen LogP contribution in [0.4, 0.5) is 0 Å². The number of methoxy groups -OCH3 is 1. The Kier molecular flexibility index (Phi) is 4.24. The molecule has 0 saturated carbocycles. The Morgan fingerprint density at radius 2 is 2.18 bits per heavy atom. The Labute approximate surface area is 111 Å². The molecule has 2 N–H and O–H groups in total. The van der Waals surface area contributed by atoms with Gasteiger partial charge in [0.1, 0.15) is 5.75 Å². The van der Waals surface area contributed by atoms with Crippen LogP contribution in [-0.4, -0.2) is 7.11 Å². The lowest BCUT2D eigenvalue weighted by atomic mass is 9.90. The zero-order valence-corrected chi connectivity index (χ0v) is 11.7. The second-order valence-corrected chi connectivity index (χ2v) is 5.25. The summed E-state index contributed by atoms with van der Waals surface area (Å²) >= 11 is 3.50. The number of benzene rings is 1. The molecule has 0 aromatic heterocycles. The normalized spacial score (nSPS) is 17.5. The molecule has 0 radical (unpaired) electrons. The van der Waals surface area contributed by atoms with E-state index in [2.05, 4.69) is 28.1 Å². The number of halogens is 1. The van der Waals surface area contributed by atoms with E-state index in [9.17, 15) is 0 Å². The summed E-state index contributed by atoms with van der Waals surface area (Å²) in [6, 6.07) is 6.09. The van der Waals surface area contributed by atoms with Crippen molar-refractivity contribution in [3.8, 4) is 5.75 Å². The number of rotatable bonds is 3. The summed E-state index contributed by atoms with van der Waals surface area (Å²) in [5.41, 5.74) is 8.81. The number of hydrogen-bond acceptors (Lipinski definition) is 2. The minimum Gasteiger partial charge on any atom is -0.496 e. The molecule has 3 heteroatoms. The summed E-state index contributed by atoms with van der Waals surface area (Å²) in [5, 5.41) is 0. The zero-order valence-electron chi connectivity index (χ0n) is 10.1. The first-order chi connectivity index (χ1) is 8.22. The third kappa shape index (κ3) is 2.90. The molecule has 1 unspecified atom stereocenters. The van der Waals surface area contributed by atoms with Gasteiger partial charge in [-0.1, -0.05) is 17.7 Å². The first kappa shape index (κ1) is 12.7. The van der Waals surface area contributed by atoms with E-state index in [1.807, 2.05) is 12.1 Å². The summed E-state index contributed by atoms with van der Waals surface area (Å²) in [5.74, 6) is 0.846. The first-order valence-corrected chi connectivity index (χ1v) is 6.79. The number of nitrogens with two attached hydrogens (primary N) is 1. The molecule has 1 aromatic rings. The fraction of sp³-hybridized carbons (Fsp3) is 0.429. The van der Waals surface area contributed by atoms with Crippen LogP contribution in [0.25, 0.3) is 0 Å². The Balaban J connectivity index is 2.21. The van der Waals surface area contributed by atoms with E-state index in [1.54, 1.807) is 7.11 Å². The van der Waals surface area contributed by atoms with E-state index >= 15 is 0 Å². The van der Waals surface area contributed by atoms with Gasteiger partial charge in [0.2, 0.25) is 0 Å². The molecule has 1 aliphatic carbocycles. The SMILES string of the molecule is COc1ccc(C(N)C2=CCCCC2)cc1Br. The summed E-state index contributed by atoms with van der Waals surface area (Å²) < 4.78 is 6.19. The second-order valence-electron chi connectivity index (χ2n) is 4.40. The van der Waals surface area contributed by atoms with E-state index in [-0.39, 0.29) is 6.04 Å². The molecular weight excluding hydrogens is 278 g/mol. The predicted octanol–water partition coefficient (Wildman–Crippen LogP) is 3.96. The monoisotopic (exact) mass is 295 g/mol. The maximum atomic E-state index is 6.30.